The first kappa shape index (κ1) is 19.0. The quantitative estimate of drug-likeness (QED) is 0.781. The fourth-order valence-electron chi connectivity index (χ4n) is 3.33. The lowest BCUT2D eigenvalue weighted by Crippen LogP contribution is -2.39. The van der Waals surface area contributed by atoms with Gasteiger partial charge in [0.15, 0.2) is 0 Å². The number of sulfonamides is 1. The van der Waals surface area contributed by atoms with Crippen LogP contribution in [0.3, 0.4) is 0 Å². The molecule has 7 nitrogen and oxygen atoms in total. The Hall–Kier alpha value is -2.29. The monoisotopic (exact) mass is 400 g/mol. The van der Waals surface area contributed by atoms with Crippen molar-refractivity contribution < 1.29 is 13.2 Å². The third kappa shape index (κ3) is 4.24. The zero-order valence-corrected chi connectivity index (χ0v) is 16.7. The summed E-state index contributed by atoms with van der Waals surface area (Å²) >= 11 is 0. The van der Waals surface area contributed by atoms with Crippen LogP contribution in [0.1, 0.15) is 22.4 Å². The molecule has 1 aromatic carbocycles. The molecule has 2 aliphatic heterocycles. The summed E-state index contributed by atoms with van der Waals surface area (Å²) in [6.45, 7) is 5.53. The van der Waals surface area contributed by atoms with Gasteiger partial charge in [0.1, 0.15) is 0 Å². The molecule has 0 N–H and O–H groups in total. The highest BCUT2D eigenvalue weighted by atomic mass is 32.2. The molecule has 1 saturated heterocycles. The Kier molecular flexibility index (Phi) is 5.43. The van der Waals surface area contributed by atoms with Gasteiger partial charge in [0.25, 0.3) is 0 Å². The van der Waals surface area contributed by atoms with E-state index < -0.39 is 10.0 Å². The number of aryl methyl sites for hydroxylation is 1. The number of hydrogen-bond donors (Lipinski definition) is 0. The summed E-state index contributed by atoms with van der Waals surface area (Å²) in [5.74, 6) is 0.650. The molecule has 0 aliphatic carbocycles. The first-order chi connectivity index (χ1) is 13.5. The van der Waals surface area contributed by atoms with Gasteiger partial charge in [0.2, 0.25) is 16.0 Å². The Labute approximate surface area is 165 Å². The average Bonchev–Trinajstić information content (AvgIpc) is 2.73. The van der Waals surface area contributed by atoms with Crippen LogP contribution < -0.4 is 4.90 Å². The molecule has 0 bridgehead atoms. The normalized spacial score (nSPS) is 18.4. The van der Waals surface area contributed by atoms with Crippen molar-refractivity contribution in [1.29, 1.82) is 0 Å². The summed E-state index contributed by atoms with van der Waals surface area (Å²) in [7, 11) is -3.51. The Balaban J connectivity index is 1.51. The van der Waals surface area contributed by atoms with Crippen LogP contribution in [0.4, 0.5) is 5.95 Å². The van der Waals surface area contributed by atoms with Crippen LogP contribution in [-0.2, 0) is 27.7 Å². The molecule has 1 fully saturated rings. The maximum absolute atomic E-state index is 12.8. The van der Waals surface area contributed by atoms with Crippen molar-refractivity contribution in [3.05, 3.63) is 58.3 Å². The second-order valence-electron chi connectivity index (χ2n) is 7.08. The van der Waals surface area contributed by atoms with Crippen molar-refractivity contribution in [3.63, 3.8) is 0 Å². The number of hydrogen-bond acceptors (Lipinski definition) is 6. The third-order valence-corrected chi connectivity index (χ3v) is 6.57. The van der Waals surface area contributed by atoms with E-state index in [1.807, 2.05) is 37.4 Å². The molecule has 2 aromatic rings. The van der Waals surface area contributed by atoms with Gasteiger partial charge in [-0.05, 0) is 30.5 Å². The van der Waals surface area contributed by atoms with Gasteiger partial charge in [0, 0.05) is 31.2 Å². The molecular formula is C20H24N4O3S. The SMILES string of the molecule is Cc1ccc(/C=C/S(=O)(=O)N2CCc3cnc(N4CCOCC4)nc3C2)cc1. The highest BCUT2D eigenvalue weighted by Gasteiger charge is 2.27. The van der Waals surface area contributed by atoms with Crippen LogP contribution in [0.15, 0.2) is 35.9 Å². The second kappa shape index (κ2) is 7.98. The van der Waals surface area contributed by atoms with E-state index in [1.165, 1.54) is 9.71 Å². The molecule has 0 saturated carbocycles. The number of aromatic nitrogens is 2. The summed E-state index contributed by atoms with van der Waals surface area (Å²) in [6.07, 6.45) is 4.10. The Morgan fingerprint density at radius 3 is 2.61 bits per heavy atom. The van der Waals surface area contributed by atoms with Crippen molar-refractivity contribution in [2.75, 3.05) is 37.7 Å². The highest BCUT2D eigenvalue weighted by Crippen LogP contribution is 2.22. The van der Waals surface area contributed by atoms with Crippen molar-refractivity contribution >= 4 is 22.0 Å². The van der Waals surface area contributed by atoms with Gasteiger partial charge in [-0.1, -0.05) is 29.8 Å². The molecule has 0 amide bonds. The molecule has 0 spiro atoms. The second-order valence-corrected chi connectivity index (χ2v) is 8.90. The number of fused-ring (bicyclic) bond motifs is 1. The predicted molar refractivity (Wildman–Crippen MR) is 108 cm³/mol. The summed E-state index contributed by atoms with van der Waals surface area (Å²) < 4.78 is 32.4. The van der Waals surface area contributed by atoms with Gasteiger partial charge in [0.05, 0.1) is 25.5 Å². The van der Waals surface area contributed by atoms with Crippen molar-refractivity contribution in [2.45, 2.75) is 19.9 Å². The fourth-order valence-corrected chi connectivity index (χ4v) is 4.48. The smallest absolute Gasteiger partial charge is 0.236 e. The topological polar surface area (TPSA) is 75.6 Å². The van der Waals surface area contributed by atoms with Gasteiger partial charge < -0.3 is 9.64 Å². The van der Waals surface area contributed by atoms with Crippen LogP contribution in [0.25, 0.3) is 6.08 Å². The summed E-state index contributed by atoms with van der Waals surface area (Å²) in [6, 6.07) is 7.75. The fraction of sp³-hybridized carbons (Fsp3) is 0.400. The predicted octanol–water partition coefficient (Wildman–Crippen LogP) is 1.98. The summed E-state index contributed by atoms with van der Waals surface area (Å²) in [5.41, 5.74) is 3.81. The molecule has 148 valence electrons. The Morgan fingerprint density at radius 1 is 1.11 bits per heavy atom. The minimum atomic E-state index is -3.51. The molecule has 4 rings (SSSR count). The largest absolute Gasteiger partial charge is 0.378 e. The first-order valence-corrected chi connectivity index (χ1v) is 10.9. The minimum Gasteiger partial charge on any atom is -0.378 e. The molecular weight excluding hydrogens is 376 g/mol. The Morgan fingerprint density at radius 2 is 1.86 bits per heavy atom. The van der Waals surface area contributed by atoms with Crippen LogP contribution >= 0.6 is 0 Å². The van der Waals surface area contributed by atoms with Gasteiger partial charge >= 0.3 is 0 Å². The number of ether oxygens (including phenoxy) is 1. The van der Waals surface area contributed by atoms with E-state index in [2.05, 4.69) is 14.9 Å². The van der Waals surface area contributed by atoms with Gasteiger partial charge in [-0.15, -0.1) is 0 Å². The third-order valence-electron chi connectivity index (χ3n) is 5.06. The lowest BCUT2D eigenvalue weighted by atomic mass is 10.1. The lowest BCUT2D eigenvalue weighted by molar-refractivity contribution is 0.122. The summed E-state index contributed by atoms with van der Waals surface area (Å²) in [5, 5.41) is 1.28. The highest BCUT2D eigenvalue weighted by molar-refractivity contribution is 7.92. The lowest BCUT2D eigenvalue weighted by Gasteiger charge is -2.29. The number of rotatable bonds is 4. The van der Waals surface area contributed by atoms with E-state index in [1.54, 1.807) is 6.08 Å². The zero-order chi connectivity index (χ0) is 19.6. The molecule has 1 aromatic heterocycles. The summed E-state index contributed by atoms with van der Waals surface area (Å²) in [4.78, 5) is 11.2. The van der Waals surface area contributed by atoms with Gasteiger partial charge in [-0.25, -0.2) is 18.4 Å². The Bertz CT molecular complexity index is 967. The molecule has 28 heavy (non-hydrogen) atoms. The van der Waals surface area contributed by atoms with Gasteiger partial charge in [-0.3, -0.25) is 0 Å². The van der Waals surface area contributed by atoms with Crippen LogP contribution in [-0.4, -0.2) is 55.5 Å². The van der Waals surface area contributed by atoms with E-state index in [0.717, 1.165) is 35.5 Å². The van der Waals surface area contributed by atoms with E-state index in [9.17, 15) is 8.42 Å². The number of morpholine rings is 1. The maximum Gasteiger partial charge on any atom is 0.236 e. The number of benzene rings is 1. The number of anilines is 1. The molecule has 0 atom stereocenters. The maximum atomic E-state index is 12.8. The molecule has 3 heterocycles. The van der Waals surface area contributed by atoms with E-state index in [-0.39, 0.29) is 6.54 Å². The number of nitrogens with zero attached hydrogens (tertiary/aromatic N) is 4. The molecule has 2 aliphatic rings. The van der Waals surface area contributed by atoms with Crippen LogP contribution in [0.2, 0.25) is 0 Å². The van der Waals surface area contributed by atoms with Crippen molar-refractivity contribution in [3.8, 4) is 0 Å². The van der Waals surface area contributed by atoms with E-state index >= 15 is 0 Å². The van der Waals surface area contributed by atoms with Crippen molar-refractivity contribution in [2.24, 2.45) is 0 Å². The molecule has 0 unspecified atom stereocenters. The molecule has 8 heteroatoms. The van der Waals surface area contributed by atoms with Gasteiger partial charge in [-0.2, -0.15) is 4.31 Å². The molecule has 0 radical (unpaired) electrons. The standard InChI is InChI=1S/C20H24N4O3S/c1-16-2-4-17(5-3-16)7-13-28(25,26)24-8-6-18-14-21-20(22-19(18)15-24)23-9-11-27-12-10-23/h2-5,7,13-14H,6,8-12,15H2,1H3/b13-7+. The minimum absolute atomic E-state index is 0.274. The van der Waals surface area contributed by atoms with Crippen molar-refractivity contribution in [1.82, 2.24) is 14.3 Å². The van der Waals surface area contributed by atoms with E-state index in [4.69, 9.17) is 4.74 Å². The first-order valence-electron chi connectivity index (χ1n) is 9.44. The zero-order valence-electron chi connectivity index (χ0n) is 15.9. The van der Waals surface area contributed by atoms with Crippen LogP contribution in [0.5, 0.6) is 0 Å². The van der Waals surface area contributed by atoms with E-state index in [0.29, 0.717) is 32.1 Å². The van der Waals surface area contributed by atoms with Crippen LogP contribution in [0, 0.1) is 6.92 Å². The average molecular weight is 401 g/mol.